The number of benzene rings is 1. The molecule has 1 unspecified atom stereocenters. The molecule has 23 heavy (non-hydrogen) atoms. The fourth-order valence-corrected chi connectivity index (χ4v) is 3.32. The Labute approximate surface area is 140 Å². The van der Waals surface area contributed by atoms with Crippen LogP contribution in [-0.2, 0) is 0 Å². The highest BCUT2D eigenvalue weighted by Crippen LogP contribution is 2.23. The lowest BCUT2D eigenvalue weighted by Gasteiger charge is -2.32. The second-order valence-electron chi connectivity index (χ2n) is 5.40. The predicted molar refractivity (Wildman–Crippen MR) is 89.8 cm³/mol. The summed E-state index contributed by atoms with van der Waals surface area (Å²) in [7, 11) is 0. The number of thioether (sulfide) groups is 1. The Morgan fingerprint density at radius 3 is 2.96 bits per heavy atom. The molecule has 1 aromatic carbocycles. The molecule has 0 aliphatic carbocycles. The van der Waals surface area contributed by atoms with E-state index in [1.54, 1.807) is 30.1 Å². The highest BCUT2D eigenvalue weighted by Gasteiger charge is 2.27. The molecule has 1 amide bonds. The number of hydrogen-bond donors (Lipinski definition) is 0. The van der Waals surface area contributed by atoms with Crippen molar-refractivity contribution in [2.75, 3.05) is 19.3 Å². The van der Waals surface area contributed by atoms with Crippen LogP contribution in [0, 0.1) is 0 Å². The van der Waals surface area contributed by atoms with E-state index >= 15 is 0 Å². The average molecular weight is 329 g/mol. The molecule has 1 aliphatic rings. The van der Waals surface area contributed by atoms with Crippen LogP contribution in [0.4, 0.5) is 0 Å². The highest BCUT2D eigenvalue weighted by atomic mass is 32.2. The van der Waals surface area contributed by atoms with Gasteiger partial charge < -0.3 is 9.64 Å². The van der Waals surface area contributed by atoms with Gasteiger partial charge in [0.15, 0.2) is 0 Å². The molecule has 1 aliphatic heterocycles. The zero-order chi connectivity index (χ0) is 16.1. The topological polar surface area (TPSA) is 55.3 Å². The van der Waals surface area contributed by atoms with Crippen LogP contribution in [0.15, 0.2) is 47.5 Å². The first kappa shape index (κ1) is 15.8. The molecule has 120 valence electrons. The molecular weight excluding hydrogens is 310 g/mol. The predicted octanol–water partition coefficient (Wildman–Crippen LogP) is 2.88. The van der Waals surface area contributed by atoms with E-state index in [0.717, 1.165) is 29.8 Å². The molecule has 2 aromatic rings. The second-order valence-corrected chi connectivity index (χ2v) is 6.24. The summed E-state index contributed by atoms with van der Waals surface area (Å²) in [6.07, 6.45) is 5.42. The summed E-state index contributed by atoms with van der Waals surface area (Å²) in [6, 6.07) is 11.3. The molecule has 1 fully saturated rings. The van der Waals surface area contributed by atoms with Gasteiger partial charge in [-0.1, -0.05) is 12.1 Å². The highest BCUT2D eigenvalue weighted by molar-refractivity contribution is 7.98. The van der Waals surface area contributed by atoms with Gasteiger partial charge in [0, 0.05) is 23.7 Å². The first-order valence-corrected chi connectivity index (χ1v) is 8.87. The third kappa shape index (κ3) is 3.82. The maximum absolute atomic E-state index is 12.8. The smallest absolute Gasteiger partial charge is 0.255 e. The Bertz CT molecular complexity index is 666. The van der Waals surface area contributed by atoms with E-state index in [1.165, 1.54) is 0 Å². The van der Waals surface area contributed by atoms with E-state index in [1.807, 2.05) is 35.4 Å². The zero-order valence-corrected chi connectivity index (χ0v) is 13.8. The van der Waals surface area contributed by atoms with Gasteiger partial charge in [-0.15, -0.1) is 16.9 Å². The summed E-state index contributed by atoms with van der Waals surface area (Å²) in [5.74, 6) is 0.582. The fourth-order valence-electron chi connectivity index (χ4n) is 2.73. The Hall–Kier alpha value is -2.08. The summed E-state index contributed by atoms with van der Waals surface area (Å²) in [6.45, 7) is 1.35. The van der Waals surface area contributed by atoms with Crippen molar-refractivity contribution in [2.24, 2.45) is 0 Å². The number of carbonyl (C=O) groups excluding carboxylic acids is 1. The van der Waals surface area contributed by atoms with Gasteiger partial charge in [0.1, 0.15) is 6.10 Å². The van der Waals surface area contributed by atoms with E-state index in [9.17, 15) is 4.79 Å². The number of carbonyl (C=O) groups is 1. The summed E-state index contributed by atoms with van der Waals surface area (Å²) in [5.41, 5.74) is 0.764. The summed E-state index contributed by atoms with van der Waals surface area (Å²) >= 11 is 1.59. The first-order chi connectivity index (χ1) is 11.3. The van der Waals surface area contributed by atoms with Crippen molar-refractivity contribution in [2.45, 2.75) is 23.8 Å². The molecular formula is C17H19N3O2S. The Morgan fingerprint density at radius 2 is 2.17 bits per heavy atom. The monoisotopic (exact) mass is 329 g/mol. The fraction of sp³-hybridized carbons (Fsp3) is 0.353. The van der Waals surface area contributed by atoms with Crippen LogP contribution in [0.2, 0.25) is 0 Å². The van der Waals surface area contributed by atoms with Crippen molar-refractivity contribution < 1.29 is 9.53 Å². The van der Waals surface area contributed by atoms with Crippen LogP contribution in [0.3, 0.4) is 0 Å². The van der Waals surface area contributed by atoms with Crippen LogP contribution in [0.25, 0.3) is 0 Å². The van der Waals surface area contributed by atoms with Crippen molar-refractivity contribution in [3.63, 3.8) is 0 Å². The molecule has 1 atom stereocenters. The van der Waals surface area contributed by atoms with Gasteiger partial charge in [0.25, 0.3) is 5.91 Å². The zero-order valence-electron chi connectivity index (χ0n) is 13.0. The van der Waals surface area contributed by atoms with Crippen molar-refractivity contribution >= 4 is 17.7 Å². The lowest BCUT2D eigenvalue weighted by atomic mass is 10.1. The minimum Gasteiger partial charge on any atom is -0.471 e. The van der Waals surface area contributed by atoms with Gasteiger partial charge in [-0.2, -0.15) is 5.10 Å². The standard InChI is InChI=1S/C17H19N3O2S/c1-23-15-8-3-2-7-14(15)17(21)20-11-5-6-13(12-20)22-16-9-4-10-18-19-16/h2-4,7-10,13H,5-6,11-12H2,1H3. The molecule has 1 aromatic heterocycles. The number of piperidine rings is 1. The number of likely N-dealkylation sites (tertiary alicyclic amines) is 1. The number of aromatic nitrogens is 2. The van der Waals surface area contributed by atoms with Crippen LogP contribution in [0.5, 0.6) is 5.88 Å². The summed E-state index contributed by atoms with van der Waals surface area (Å²) < 4.78 is 5.86. The first-order valence-electron chi connectivity index (χ1n) is 7.64. The van der Waals surface area contributed by atoms with Crippen molar-refractivity contribution in [3.8, 4) is 5.88 Å². The van der Waals surface area contributed by atoms with Crippen molar-refractivity contribution in [1.82, 2.24) is 15.1 Å². The minimum absolute atomic E-state index is 0.0363. The van der Waals surface area contributed by atoms with Crippen molar-refractivity contribution in [1.29, 1.82) is 0 Å². The Kier molecular flexibility index (Phi) is 5.12. The van der Waals surface area contributed by atoms with Crippen LogP contribution < -0.4 is 4.74 Å². The maximum atomic E-state index is 12.8. The van der Waals surface area contributed by atoms with Crippen LogP contribution in [0.1, 0.15) is 23.2 Å². The molecule has 0 saturated carbocycles. The number of amides is 1. The van der Waals surface area contributed by atoms with E-state index in [0.29, 0.717) is 12.4 Å². The number of hydrogen-bond acceptors (Lipinski definition) is 5. The molecule has 5 nitrogen and oxygen atoms in total. The van der Waals surface area contributed by atoms with Gasteiger partial charge in [0.05, 0.1) is 12.1 Å². The quantitative estimate of drug-likeness (QED) is 0.807. The normalized spacial score (nSPS) is 17.8. The summed E-state index contributed by atoms with van der Waals surface area (Å²) in [4.78, 5) is 15.7. The lowest BCUT2D eigenvalue weighted by Crippen LogP contribution is -2.44. The molecule has 0 spiro atoms. The third-order valence-corrected chi connectivity index (χ3v) is 4.63. The minimum atomic E-state index is -0.0363. The lowest BCUT2D eigenvalue weighted by molar-refractivity contribution is 0.0522. The number of nitrogens with zero attached hydrogens (tertiary/aromatic N) is 3. The van der Waals surface area contributed by atoms with Gasteiger partial charge in [0.2, 0.25) is 5.88 Å². The van der Waals surface area contributed by atoms with Crippen LogP contribution in [-0.4, -0.2) is 46.5 Å². The molecule has 0 radical (unpaired) electrons. The number of ether oxygens (including phenoxy) is 1. The van der Waals surface area contributed by atoms with Crippen LogP contribution >= 0.6 is 11.8 Å². The maximum Gasteiger partial charge on any atom is 0.255 e. The largest absolute Gasteiger partial charge is 0.471 e. The van der Waals surface area contributed by atoms with Crippen molar-refractivity contribution in [3.05, 3.63) is 48.2 Å². The Balaban J connectivity index is 1.69. The SMILES string of the molecule is CSc1ccccc1C(=O)N1CCCC(Oc2cccnn2)C1. The summed E-state index contributed by atoms with van der Waals surface area (Å²) in [5, 5.41) is 7.77. The van der Waals surface area contributed by atoms with Gasteiger partial charge in [-0.05, 0) is 37.3 Å². The molecule has 3 rings (SSSR count). The third-order valence-electron chi connectivity index (χ3n) is 3.84. The van der Waals surface area contributed by atoms with E-state index in [-0.39, 0.29) is 12.0 Å². The molecule has 1 saturated heterocycles. The van der Waals surface area contributed by atoms with Gasteiger partial charge in [-0.3, -0.25) is 4.79 Å². The second kappa shape index (κ2) is 7.46. The molecule has 6 heteroatoms. The van der Waals surface area contributed by atoms with Gasteiger partial charge >= 0.3 is 0 Å². The van der Waals surface area contributed by atoms with Gasteiger partial charge in [-0.25, -0.2) is 0 Å². The molecule has 0 N–H and O–H groups in total. The number of rotatable bonds is 4. The van der Waals surface area contributed by atoms with E-state index < -0.39 is 0 Å². The van der Waals surface area contributed by atoms with E-state index in [2.05, 4.69) is 10.2 Å². The average Bonchev–Trinajstić information content (AvgIpc) is 2.62. The Morgan fingerprint density at radius 1 is 1.30 bits per heavy atom. The molecule has 2 heterocycles. The molecule has 0 bridgehead atoms. The van der Waals surface area contributed by atoms with E-state index in [4.69, 9.17) is 4.74 Å².